The molecule has 154 valence electrons. The maximum absolute atomic E-state index is 12.9. The largest absolute Gasteiger partial charge is 0.324 e. The Labute approximate surface area is 182 Å². The van der Waals surface area contributed by atoms with Gasteiger partial charge in [0.05, 0.1) is 11.0 Å². The monoisotopic (exact) mass is 407 g/mol. The molecule has 4 heteroatoms. The number of carbonyl (C=O) groups excluding carboxylic acids is 1. The van der Waals surface area contributed by atoms with Crippen molar-refractivity contribution in [3.05, 3.63) is 102 Å². The van der Waals surface area contributed by atoms with Gasteiger partial charge in [0.25, 0.3) is 0 Å². The van der Waals surface area contributed by atoms with Crippen LogP contribution in [0.5, 0.6) is 0 Å². The van der Waals surface area contributed by atoms with Gasteiger partial charge in [-0.2, -0.15) is 0 Å². The van der Waals surface area contributed by atoms with Crippen molar-refractivity contribution in [2.24, 2.45) is 0 Å². The number of aryl methyl sites for hydroxylation is 1. The van der Waals surface area contributed by atoms with Crippen molar-refractivity contribution in [3.8, 4) is 0 Å². The molecule has 3 aromatic carbocycles. The van der Waals surface area contributed by atoms with Crippen molar-refractivity contribution >= 4 is 28.7 Å². The fourth-order valence-corrected chi connectivity index (χ4v) is 4.38. The van der Waals surface area contributed by atoms with Crippen molar-refractivity contribution in [1.82, 2.24) is 9.55 Å². The second-order valence-electron chi connectivity index (χ2n) is 8.13. The number of anilines is 1. The molecule has 4 aromatic rings. The Morgan fingerprint density at radius 3 is 2.65 bits per heavy atom. The zero-order valence-electron chi connectivity index (χ0n) is 17.6. The van der Waals surface area contributed by atoms with E-state index in [0.29, 0.717) is 13.0 Å². The Hall–Kier alpha value is -3.66. The van der Waals surface area contributed by atoms with Crippen LogP contribution in [-0.4, -0.2) is 22.0 Å². The molecule has 1 atom stereocenters. The minimum Gasteiger partial charge on any atom is -0.324 e. The maximum Gasteiger partial charge on any atom is 0.227 e. The first-order chi connectivity index (χ1) is 15.2. The summed E-state index contributed by atoms with van der Waals surface area (Å²) >= 11 is 0. The molecule has 1 aliphatic rings. The minimum absolute atomic E-state index is 0.0746. The van der Waals surface area contributed by atoms with Crippen LogP contribution in [0.4, 0.5) is 5.69 Å². The Kier molecular flexibility index (Phi) is 5.13. The van der Waals surface area contributed by atoms with Crippen LogP contribution in [0.15, 0.2) is 84.9 Å². The molecule has 0 bridgehead atoms. The second kappa shape index (κ2) is 8.23. The van der Waals surface area contributed by atoms with Crippen LogP contribution in [-0.2, 0) is 11.3 Å². The third-order valence-electron chi connectivity index (χ3n) is 5.89. The highest BCUT2D eigenvalue weighted by Gasteiger charge is 2.34. The molecule has 1 aliphatic heterocycles. The van der Waals surface area contributed by atoms with Crippen molar-refractivity contribution in [2.75, 3.05) is 11.4 Å². The van der Waals surface area contributed by atoms with Crippen LogP contribution in [0.25, 0.3) is 17.1 Å². The number of allylic oxidation sites excluding steroid dienone is 1. The molecule has 4 nitrogen and oxygen atoms in total. The molecule has 0 N–H and O–H groups in total. The lowest BCUT2D eigenvalue weighted by molar-refractivity contribution is -0.117. The predicted octanol–water partition coefficient (Wildman–Crippen LogP) is 5.58. The molecular formula is C27H25N3O. The Morgan fingerprint density at radius 1 is 1.00 bits per heavy atom. The highest BCUT2D eigenvalue weighted by molar-refractivity contribution is 5.96. The number of aromatic nitrogens is 2. The van der Waals surface area contributed by atoms with Crippen LogP contribution in [0.1, 0.15) is 29.3 Å². The SMILES string of the molecule is Cc1cccc(N2CC(c3nc4ccccc4n3C/C=C/c3ccccc3)CC2=O)c1. The van der Waals surface area contributed by atoms with Gasteiger partial charge in [0.1, 0.15) is 5.82 Å². The van der Waals surface area contributed by atoms with E-state index in [9.17, 15) is 4.79 Å². The van der Waals surface area contributed by atoms with E-state index >= 15 is 0 Å². The fourth-order valence-electron chi connectivity index (χ4n) is 4.38. The molecule has 0 aliphatic carbocycles. The molecule has 1 saturated heterocycles. The summed E-state index contributed by atoms with van der Waals surface area (Å²) < 4.78 is 2.26. The summed E-state index contributed by atoms with van der Waals surface area (Å²) in [6.45, 7) is 3.44. The van der Waals surface area contributed by atoms with E-state index in [0.717, 1.165) is 34.7 Å². The smallest absolute Gasteiger partial charge is 0.227 e. The molecule has 1 amide bonds. The van der Waals surface area contributed by atoms with Gasteiger partial charge in [-0.05, 0) is 42.3 Å². The molecule has 2 heterocycles. The molecule has 1 unspecified atom stereocenters. The lowest BCUT2D eigenvalue weighted by Gasteiger charge is -2.17. The minimum atomic E-state index is 0.0746. The van der Waals surface area contributed by atoms with Gasteiger partial charge in [-0.15, -0.1) is 0 Å². The average Bonchev–Trinajstić information content (AvgIpc) is 3.35. The average molecular weight is 408 g/mol. The number of benzene rings is 3. The summed E-state index contributed by atoms with van der Waals surface area (Å²) in [5.41, 5.74) is 5.39. The van der Waals surface area contributed by atoms with Crippen LogP contribution in [0, 0.1) is 6.92 Å². The lowest BCUT2D eigenvalue weighted by atomic mass is 10.1. The fraction of sp³-hybridized carbons (Fsp3) is 0.185. The van der Waals surface area contributed by atoms with E-state index in [1.54, 1.807) is 0 Å². The van der Waals surface area contributed by atoms with E-state index in [-0.39, 0.29) is 11.8 Å². The molecule has 0 radical (unpaired) electrons. The number of carbonyl (C=O) groups is 1. The van der Waals surface area contributed by atoms with Crippen LogP contribution >= 0.6 is 0 Å². The van der Waals surface area contributed by atoms with Crippen molar-refractivity contribution in [2.45, 2.75) is 25.8 Å². The number of hydrogen-bond acceptors (Lipinski definition) is 2. The summed E-state index contributed by atoms with van der Waals surface area (Å²) in [5, 5.41) is 0. The van der Waals surface area contributed by atoms with E-state index in [2.05, 4.69) is 54.0 Å². The van der Waals surface area contributed by atoms with Gasteiger partial charge in [0, 0.05) is 31.1 Å². The number of imidazole rings is 1. The first-order valence-corrected chi connectivity index (χ1v) is 10.7. The normalized spacial score (nSPS) is 16.6. The highest BCUT2D eigenvalue weighted by atomic mass is 16.2. The number of nitrogens with zero attached hydrogens (tertiary/aromatic N) is 3. The molecule has 1 aromatic heterocycles. The molecular weight excluding hydrogens is 382 g/mol. The summed E-state index contributed by atoms with van der Waals surface area (Å²) in [6, 6.07) is 26.7. The Bertz CT molecular complexity index is 1260. The molecule has 0 saturated carbocycles. The van der Waals surface area contributed by atoms with E-state index < -0.39 is 0 Å². The molecule has 0 spiro atoms. The molecule has 31 heavy (non-hydrogen) atoms. The van der Waals surface area contributed by atoms with Crippen LogP contribution in [0.3, 0.4) is 0 Å². The van der Waals surface area contributed by atoms with Crippen LogP contribution < -0.4 is 4.90 Å². The second-order valence-corrected chi connectivity index (χ2v) is 8.13. The van der Waals surface area contributed by atoms with Crippen molar-refractivity contribution in [1.29, 1.82) is 0 Å². The van der Waals surface area contributed by atoms with Gasteiger partial charge in [0.2, 0.25) is 5.91 Å². The van der Waals surface area contributed by atoms with Gasteiger partial charge in [-0.1, -0.05) is 66.7 Å². The summed E-state index contributed by atoms with van der Waals surface area (Å²) in [7, 11) is 0. The quantitative estimate of drug-likeness (QED) is 0.433. The number of rotatable bonds is 5. The highest BCUT2D eigenvalue weighted by Crippen LogP contribution is 2.33. The Balaban J connectivity index is 1.46. The zero-order chi connectivity index (χ0) is 21.2. The standard InChI is InChI=1S/C27H25N3O/c1-20-9-7-13-23(17-20)30-19-22(18-26(30)31)27-28-24-14-5-6-15-25(24)29(27)16-8-12-21-10-3-2-4-11-21/h2-15,17,22H,16,18-19H2,1H3/b12-8+. The maximum atomic E-state index is 12.9. The van der Waals surface area contributed by atoms with Gasteiger partial charge < -0.3 is 9.47 Å². The first-order valence-electron chi connectivity index (χ1n) is 10.7. The molecule has 1 fully saturated rings. The van der Waals surface area contributed by atoms with Gasteiger partial charge in [-0.3, -0.25) is 4.79 Å². The third-order valence-corrected chi connectivity index (χ3v) is 5.89. The summed E-state index contributed by atoms with van der Waals surface area (Å²) in [4.78, 5) is 19.7. The van der Waals surface area contributed by atoms with Gasteiger partial charge in [-0.25, -0.2) is 4.98 Å². The van der Waals surface area contributed by atoms with Crippen molar-refractivity contribution in [3.63, 3.8) is 0 Å². The summed E-state index contributed by atoms with van der Waals surface area (Å²) in [5.74, 6) is 1.22. The number of hydrogen-bond donors (Lipinski definition) is 0. The summed E-state index contributed by atoms with van der Waals surface area (Å²) in [6.07, 6.45) is 4.79. The predicted molar refractivity (Wildman–Crippen MR) is 126 cm³/mol. The lowest BCUT2D eigenvalue weighted by Crippen LogP contribution is -2.24. The van der Waals surface area contributed by atoms with E-state index in [1.165, 1.54) is 5.56 Å². The first kappa shape index (κ1) is 19.3. The third kappa shape index (κ3) is 3.89. The van der Waals surface area contributed by atoms with Gasteiger partial charge >= 0.3 is 0 Å². The zero-order valence-corrected chi connectivity index (χ0v) is 17.6. The number of amides is 1. The molecule has 5 rings (SSSR count). The van der Waals surface area contributed by atoms with Crippen molar-refractivity contribution < 1.29 is 4.79 Å². The van der Waals surface area contributed by atoms with Gasteiger partial charge in [0.15, 0.2) is 0 Å². The number of fused-ring (bicyclic) bond motifs is 1. The number of para-hydroxylation sites is 2. The van der Waals surface area contributed by atoms with E-state index in [4.69, 9.17) is 4.98 Å². The Morgan fingerprint density at radius 2 is 1.81 bits per heavy atom. The van der Waals surface area contributed by atoms with Crippen LogP contribution in [0.2, 0.25) is 0 Å². The van der Waals surface area contributed by atoms with E-state index in [1.807, 2.05) is 53.4 Å². The topological polar surface area (TPSA) is 38.1 Å².